The van der Waals surface area contributed by atoms with Crippen molar-refractivity contribution in [3.63, 3.8) is 0 Å². The number of rotatable bonds is 9. The van der Waals surface area contributed by atoms with Gasteiger partial charge in [0.2, 0.25) is 5.88 Å². The van der Waals surface area contributed by atoms with E-state index < -0.39 is 29.3 Å². The number of alkyl halides is 3. The number of aromatic carboxylic acids is 1. The van der Waals surface area contributed by atoms with Crippen LogP contribution in [0.15, 0.2) is 72.8 Å². The Labute approximate surface area is 247 Å². The predicted molar refractivity (Wildman–Crippen MR) is 149 cm³/mol. The predicted octanol–water partition coefficient (Wildman–Crippen LogP) is 7.05. The monoisotopic (exact) mass is 609 g/mol. The molecule has 2 aromatic heterocycles. The molecule has 0 saturated carbocycles. The van der Waals surface area contributed by atoms with E-state index >= 15 is 8.78 Å². The van der Waals surface area contributed by atoms with Crippen LogP contribution in [0.2, 0.25) is 0 Å². The first-order valence-corrected chi connectivity index (χ1v) is 13.6. The average Bonchev–Trinajstić information content (AvgIpc) is 3.31. The molecule has 1 atom stereocenters. The van der Waals surface area contributed by atoms with Gasteiger partial charge in [0.05, 0.1) is 40.5 Å². The summed E-state index contributed by atoms with van der Waals surface area (Å²) in [4.78, 5) is 20.4. The number of halogens is 5. The highest BCUT2D eigenvalue weighted by molar-refractivity contribution is 5.92. The zero-order chi connectivity index (χ0) is 31.0. The second-order valence-corrected chi connectivity index (χ2v) is 10.4. The van der Waals surface area contributed by atoms with E-state index in [-0.39, 0.29) is 47.4 Å². The fraction of sp³-hybridized carbons (Fsp3) is 0.219. The molecule has 7 nitrogen and oxygen atoms in total. The van der Waals surface area contributed by atoms with Crippen LogP contribution in [-0.2, 0) is 30.5 Å². The fourth-order valence-electron chi connectivity index (χ4n) is 4.96. The molecule has 1 N–H and O–H groups in total. The van der Waals surface area contributed by atoms with Crippen molar-refractivity contribution < 1.29 is 41.3 Å². The van der Waals surface area contributed by atoms with Crippen molar-refractivity contribution >= 4 is 17.0 Å². The maximum absolute atomic E-state index is 15.4. The molecular weight excluding hydrogens is 585 g/mol. The summed E-state index contributed by atoms with van der Waals surface area (Å²) >= 11 is 0. The summed E-state index contributed by atoms with van der Waals surface area (Å²) in [7, 11) is 0. The molecule has 1 unspecified atom stereocenters. The van der Waals surface area contributed by atoms with E-state index in [9.17, 15) is 23.1 Å². The first kappa shape index (κ1) is 29.2. The normalized spacial score (nSPS) is 14.9. The number of carboxylic acid groups (broad SMARTS) is 1. The van der Waals surface area contributed by atoms with Crippen LogP contribution >= 0.6 is 0 Å². The molecule has 6 rings (SSSR count). The molecular formula is C32H24F5N3O4. The summed E-state index contributed by atoms with van der Waals surface area (Å²) in [6, 6.07) is 15.7. The average molecular weight is 610 g/mol. The molecule has 0 amide bonds. The number of carbonyl (C=O) groups is 1. The van der Waals surface area contributed by atoms with Crippen molar-refractivity contribution in [2.24, 2.45) is 0 Å². The van der Waals surface area contributed by atoms with E-state index in [1.807, 2.05) is 0 Å². The van der Waals surface area contributed by atoms with E-state index in [0.717, 1.165) is 30.7 Å². The van der Waals surface area contributed by atoms with Gasteiger partial charge >= 0.3 is 12.1 Å². The fourth-order valence-corrected chi connectivity index (χ4v) is 4.96. The molecule has 0 spiro atoms. The molecule has 1 saturated heterocycles. The lowest BCUT2D eigenvalue weighted by Gasteiger charge is -2.27. The number of hydrogen-bond donors (Lipinski definition) is 1. The lowest BCUT2D eigenvalue weighted by molar-refractivity contribution is -0.137. The highest BCUT2D eigenvalue weighted by Crippen LogP contribution is 2.31. The number of fused-ring (bicyclic) bond motifs is 1. The van der Waals surface area contributed by atoms with E-state index in [1.165, 1.54) is 36.4 Å². The summed E-state index contributed by atoms with van der Waals surface area (Å²) in [5.74, 6) is -2.00. The van der Waals surface area contributed by atoms with Gasteiger partial charge in [-0.2, -0.15) is 13.2 Å². The number of ether oxygens (including phenoxy) is 2. The third-order valence-electron chi connectivity index (χ3n) is 7.41. The van der Waals surface area contributed by atoms with Crippen LogP contribution < -0.4 is 4.74 Å². The van der Waals surface area contributed by atoms with Crippen molar-refractivity contribution in [3.05, 3.63) is 113 Å². The number of pyridine rings is 1. The molecule has 0 aliphatic carbocycles. The molecule has 1 fully saturated rings. The molecule has 0 radical (unpaired) electrons. The molecule has 1 aliphatic heterocycles. The number of imidazole rings is 1. The second-order valence-electron chi connectivity index (χ2n) is 10.4. The Morgan fingerprint density at radius 2 is 1.77 bits per heavy atom. The lowest BCUT2D eigenvalue weighted by Crippen LogP contribution is -2.31. The van der Waals surface area contributed by atoms with Crippen molar-refractivity contribution in [2.75, 3.05) is 6.61 Å². The Hall–Kier alpha value is -4.84. The first-order chi connectivity index (χ1) is 21.0. The SMILES string of the molecule is O=C(O)c1ccc2nc(Cc3cc(F)c(-c4cccc(OCc5ccc(C(F)(F)F)cc5)n4)cc3F)n(CC3CCO3)c2c1. The molecule has 44 heavy (non-hydrogen) atoms. The Balaban J connectivity index is 1.23. The minimum absolute atomic E-state index is 0.0468. The maximum Gasteiger partial charge on any atom is 0.416 e. The van der Waals surface area contributed by atoms with Crippen molar-refractivity contribution in [3.8, 4) is 17.1 Å². The third kappa shape index (κ3) is 6.11. The number of hydrogen-bond acceptors (Lipinski definition) is 5. The van der Waals surface area contributed by atoms with Crippen LogP contribution in [0, 0.1) is 11.6 Å². The topological polar surface area (TPSA) is 86.5 Å². The molecule has 1 aliphatic rings. The van der Waals surface area contributed by atoms with Crippen molar-refractivity contribution in [1.82, 2.24) is 14.5 Å². The van der Waals surface area contributed by atoms with Crippen molar-refractivity contribution in [2.45, 2.75) is 38.3 Å². The smallest absolute Gasteiger partial charge is 0.416 e. The molecule has 5 aromatic rings. The molecule has 3 aromatic carbocycles. The molecule has 12 heteroatoms. The summed E-state index contributed by atoms with van der Waals surface area (Å²) in [5.41, 5.74) is 0.913. The molecule has 0 bridgehead atoms. The van der Waals surface area contributed by atoms with Gasteiger partial charge in [-0.15, -0.1) is 0 Å². The van der Waals surface area contributed by atoms with Crippen LogP contribution in [0.5, 0.6) is 5.88 Å². The van der Waals surface area contributed by atoms with Gasteiger partial charge in [-0.25, -0.2) is 23.5 Å². The van der Waals surface area contributed by atoms with Crippen LogP contribution in [0.25, 0.3) is 22.3 Å². The van der Waals surface area contributed by atoms with Gasteiger partial charge in [-0.1, -0.05) is 18.2 Å². The first-order valence-electron chi connectivity index (χ1n) is 13.6. The number of carboxylic acids is 1. The van der Waals surface area contributed by atoms with Gasteiger partial charge in [-0.3, -0.25) is 0 Å². The van der Waals surface area contributed by atoms with Gasteiger partial charge in [-0.05, 0) is 66.1 Å². The highest BCUT2D eigenvalue weighted by Gasteiger charge is 2.30. The van der Waals surface area contributed by atoms with Crippen LogP contribution in [0.3, 0.4) is 0 Å². The maximum atomic E-state index is 15.4. The highest BCUT2D eigenvalue weighted by atomic mass is 19.4. The zero-order valence-electron chi connectivity index (χ0n) is 22.9. The summed E-state index contributed by atoms with van der Waals surface area (Å²) in [5, 5.41) is 9.44. The van der Waals surface area contributed by atoms with Gasteiger partial charge in [0.15, 0.2) is 0 Å². The minimum atomic E-state index is -4.45. The standard InChI is InChI=1S/C32H24F5N3O4/c33-24-15-23(26-2-1-3-30(39-26)44-17-18-4-7-21(8-5-18)32(35,36)37)25(34)12-20(24)14-29-38-27-9-6-19(31(41)42)13-28(27)40(29)16-22-10-11-43-22/h1-9,12-13,15,22H,10-11,14,16-17H2,(H,41,42). The third-order valence-corrected chi connectivity index (χ3v) is 7.41. The van der Waals surface area contributed by atoms with E-state index in [4.69, 9.17) is 9.47 Å². The zero-order valence-corrected chi connectivity index (χ0v) is 22.9. The Morgan fingerprint density at radius 3 is 2.45 bits per heavy atom. The largest absolute Gasteiger partial charge is 0.478 e. The Morgan fingerprint density at radius 1 is 1.00 bits per heavy atom. The minimum Gasteiger partial charge on any atom is -0.478 e. The summed E-state index contributed by atoms with van der Waals surface area (Å²) in [6.45, 7) is 0.926. The van der Waals surface area contributed by atoms with E-state index in [2.05, 4.69) is 9.97 Å². The van der Waals surface area contributed by atoms with Gasteiger partial charge in [0.25, 0.3) is 0 Å². The van der Waals surface area contributed by atoms with E-state index in [0.29, 0.717) is 35.6 Å². The van der Waals surface area contributed by atoms with Gasteiger partial charge < -0.3 is 19.1 Å². The van der Waals surface area contributed by atoms with E-state index in [1.54, 1.807) is 16.7 Å². The van der Waals surface area contributed by atoms with Crippen molar-refractivity contribution in [1.29, 1.82) is 0 Å². The number of nitrogens with zero attached hydrogens (tertiary/aromatic N) is 3. The summed E-state index contributed by atoms with van der Waals surface area (Å²) < 4.78 is 82.2. The Bertz CT molecular complexity index is 1850. The molecule has 3 heterocycles. The van der Waals surface area contributed by atoms with Gasteiger partial charge in [0.1, 0.15) is 24.1 Å². The number of aromatic nitrogens is 3. The lowest BCUT2D eigenvalue weighted by atomic mass is 10.0. The Kier molecular flexibility index (Phi) is 7.76. The quantitative estimate of drug-likeness (QED) is 0.180. The van der Waals surface area contributed by atoms with Crippen LogP contribution in [0.4, 0.5) is 22.0 Å². The van der Waals surface area contributed by atoms with Gasteiger partial charge in [0, 0.05) is 24.7 Å². The van der Waals surface area contributed by atoms with Crippen LogP contribution in [-0.4, -0.2) is 38.3 Å². The second kappa shape index (κ2) is 11.7. The molecule has 226 valence electrons. The number of benzene rings is 3. The van der Waals surface area contributed by atoms with Crippen LogP contribution in [0.1, 0.15) is 39.3 Å². The summed E-state index contributed by atoms with van der Waals surface area (Å²) in [6.07, 6.45) is -3.79.